The van der Waals surface area contributed by atoms with Crippen molar-refractivity contribution in [1.82, 2.24) is 0 Å². The number of hydrogen-bond acceptors (Lipinski definition) is 7. The molecule has 34 heavy (non-hydrogen) atoms. The molecule has 1 fully saturated rings. The molecule has 1 heterocycles. The Balaban J connectivity index is 1.83. The van der Waals surface area contributed by atoms with Crippen LogP contribution >= 0.6 is 0 Å². The fourth-order valence-electron chi connectivity index (χ4n) is 4.36. The van der Waals surface area contributed by atoms with Crippen molar-refractivity contribution in [2.45, 2.75) is 78.7 Å². The molecule has 1 aliphatic rings. The Hall–Kier alpha value is -1.77. The van der Waals surface area contributed by atoms with E-state index in [1.54, 1.807) is 33.8 Å². The van der Waals surface area contributed by atoms with Crippen LogP contribution in [-0.4, -0.2) is 65.0 Å². The SMILES string of the molecule is CCOC(=O)/C(C)=C/[C@H]1O[C@@H]1[C@@H](C)[C@@H](O)[C@H](C)[C@H](O)[C@H](C)[C@H](O)[C@H](C)COCc1ccccc1. The van der Waals surface area contributed by atoms with Gasteiger partial charge in [0.15, 0.2) is 0 Å². The molecule has 0 amide bonds. The van der Waals surface area contributed by atoms with Crippen LogP contribution in [0.1, 0.15) is 47.1 Å². The number of carbonyl (C=O) groups is 1. The molecule has 1 aromatic carbocycles. The number of ether oxygens (including phenoxy) is 3. The van der Waals surface area contributed by atoms with Gasteiger partial charge in [-0.15, -0.1) is 0 Å². The molecule has 0 unspecified atom stereocenters. The fraction of sp³-hybridized carbons (Fsp3) is 0.667. The Morgan fingerprint density at radius 1 is 1.03 bits per heavy atom. The van der Waals surface area contributed by atoms with Gasteiger partial charge in [0.25, 0.3) is 0 Å². The van der Waals surface area contributed by atoms with E-state index in [0.717, 1.165) is 5.56 Å². The van der Waals surface area contributed by atoms with E-state index in [2.05, 4.69) is 0 Å². The number of esters is 1. The van der Waals surface area contributed by atoms with Gasteiger partial charge < -0.3 is 29.5 Å². The monoisotopic (exact) mass is 478 g/mol. The first-order valence-corrected chi connectivity index (χ1v) is 12.2. The maximum absolute atomic E-state index is 11.8. The highest BCUT2D eigenvalue weighted by atomic mass is 16.6. The molecule has 7 heteroatoms. The van der Waals surface area contributed by atoms with E-state index in [1.165, 1.54) is 0 Å². The van der Waals surface area contributed by atoms with Gasteiger partial charge in [-0.3, -0.25) is 0 Å². The van der Waals surface area contributed by atoms with E-state index in [0.29, 0.717) is 25.4 Å². The summed E-state index contributed by atoms with van der Waals surface area (Å²) >= 11 is 0. The summed E-state index contributed by atoms with van der Waals surface area (Å²) in [5.74, 6) is -1.73. The van der Waals surface area contributed by atoms with Crippen molar-refractivity contribution in [2.75, 3.05) is 13.2 Å². The van der Waals surface area contributed by atoms with E-state index in [9.17, 15) is 20.1 Å². The quantitative estimate of drug-likeness (QED) is 0.214. The summed E-state index contributed by atoms with van der Waals surface area (Å²) in [5, 5.41) is 32.6. The summed E-state index contributed by atoms with van der Waals surface area (Å²) < 4.78 is 16.4. The number of epoxide rings is 1. The third kappa shape index (κ3) is 7.89. The highest BCUT2D eigenvalue weighted by Crippen LogP contribution is 2.36. The zero-order chi connectivity index (χ0) is 25.4. The summed E-state index contributed by atoms with van der Waals surface area (Å²) in [4.78, 5) is 11.8. The van der Waals surface area contributed by atoms with Crippen molar-refractivity contribution < 1.29 is 34.3 Å². The van der Waals surface area contributed by atoms with Crippen LogP contribution in [0.4, 0.5) is 0 Å². The molecule has 3 N–H and O–H groups in total. The minimum atomic E-state index is -0.905. The molecule has 0 aromatic heterocycles. The van der Waals surface area contributed by atoms with Crippen LogP contribution in [0.3, 0.4) is 0 Å². The highest BCUT2D eigenvalue weighted by molar-refractivity contribution is 5.87. The minimum absolute atomic E-state index is 0.178. The second kappa shape index (κ2) is 13.4. The molecule has 0 saturated carbocycles. The first-order valence-electron chi connectivity index (χ1n) is 12.2. The lowest BCUT2D eigenvalue weighted by Crippen LogP contribution is -2.44. The zero-order valence-corrected chi connectivity index (χ0v) is 21.3. The Kier molecular flexibility index (Phi) is 11.2. The summed E-state index contributed by atoms with van der Waals surface area (Å²) in [6, 6.07) is 9.83. The van der Waals surface area contributed by atoms with E-state index in [1.807, 2.05) is 44.2 Å². The van der Waals surface area contributed by atoms with Crippen molar-refractivity contribution in [3.63, 3.8) is 0 Å². The summed E-state index contributed by atoms with van der Waals surface area (Å²) in [5.41, 5.74) is 1.54. The van der Waals surface area contributed by atoms with Crippen LogP contribution in [-0.2, 0) is 25.6 Å². The van der Waals surface area contributed by atoms with Gasteiger partial charge in [-0.25, -0.2) is 4.79 Å². The number of aliphatic hydroxyl groups is 3. The topological polar surface area (TPSA) is 109 Å². The van der Waals surface area contributed by atoms with Crippen LogP contribution in [0.15, 0.2) is 42.0 Å². The smallest absolute Gasteiger partial charge is 0.333 e. The van der Waals surface area contributed by atoms with Gasteiger partial charge in [0, 0.05) is 29.2 Å². The van der Waals surface area contributed by atoms with Gasteiger partial charge >= 0.3 is 5.97 Å². The number of aliphatic hydroxyl groups excluding tert-OH is 3. The Bertz CT molecular complexity index is 780. The number of carbonyl (C=O) groups excluding carboxylic acids is 1. The van der Waals surface area contributed by atoms with Crippen molar-refractivity contribution in [1.29, 1.82) is 0 Å². The molecule has 0 aliphatic carbocycles. The minimum Gasteiger partial charge on any atom is -0.463 e. The third-order valence-corrected chi connectivity index (χ3v) is 6.86. The van der Waals surface area contributed by atoms with Crippen LogP contribution in [0.25, 0.3) is 0 Å². The summed E-state index contributed by atoms with van der Waals surface area (Å²) in [6.07, 6.45) is -1.30. The number of benzene rings is 1. The lowest BCUT2D eigenvalue weighted by atomic mass is 9.79. The molecule has 192 valence electrons. The highest BCUT2D eigenvalue weighted by Gasteiger charge is 2.47. The molecule has 0 spiro atoms. The third-order valence-electron chi connectivity index (χ3n) is 6.86. The van der Waals surface area contributed by atoms with Crippen molar-refractivity contribution in [3.8, 4) is 0 Å². The van der Waals surface area contributed by atoms with Gasteiger partial charge in [-0.2, -0.15) is 0 Å². The van der Waals surface area contributed by atoms with Gasteiger partial charge in [0.2, 0.25) is 0 Å². The van der Waals surface area contributed by atoms with Gasteiger partial charge in [0.1, 0.15) is 6.10 Å². The zero-order valence-electron chi connectivity index (χ0n) is 21.3. The van der Waals surface area contributed by atoms with Crippen molar-refractivity contribution in [2.24, 2.45) is 23.7 Å². The molecule has 2 rings (SSSR count). The van der Waals surface area contributed by atoms with Crippen LogP contribution < -0.4 is 0 Å². The first kappa shape index (κ1) is 28.5. The predicted octanol–water partition coefficient (Wildman–Crippen LogP) is 3.11. The maximum atomic E-state index is 11.8. The molecule has 1 aliphatic heterocycles. The van der Waals surface area contributed by atoms with Gasteiger partial charge in [-0.1, -0.05) is 58.0 Å². The molecule has 1 saturated heterocycles. The Labute approximate surface area is 203 Å². The molecular weight excluding hydrogens is 436 g/mol. The molecular formula is C27H42O7. The van der Waals surface area contributed by atoms with Crippen molar-refractivity contribution >= 4 is 5.97 Å². The standard InChI is InChI=1S/C27H42O7/c1-7-33-27(31)16(2)13-22-26(34-22)20(6)25(30)19(5)24(29)18(4)23(28)17(3)14-32-15-21-11-9-8-10-12-21/h8-13,17-20,22-26,28-30H,7,14-15H2,1-6H3/b16-13+/t17-,18-,19-,20+,22-,23-,24-,25+,26-/m1/s1. The second-order valence-corrected chi connectivity index (χ2v) is 9.66. The average Bonchev–Trinajstić information content (AvgIpc) is 3.60. The molecule has 0 radical (unpaired) electrons. The van der Waals surface area contributed by atoms with E-state index >= 15 is 0 Å². The normalized spacial score (nSPS) is 24.4. The van der Waals surface area contributed by atoms with Gasteiger partial charge in [0.05, 0.1) is 44.2 Å². The average molecular weight is 479 g/mol. The molecule has 7 nitrogen and oxygen atoms in total. The molecule has 0 bridgehead atoms. The number of rotatable bonds is 14. The fourth-order valence-corrected chi connectivity index (χ4v) is 4.36. The van der Waals surface area contributed by atoms with Crippen molar-refractivity contribution in [3.05, 3.63) is 47.5 Å². The summed E-state index contributed by atoms with van der Waals surface area (Å²) in [7, 11) is 0. The Morgan fingerprint density at radius 3 is 2.26 bits per heavy atom. The van der Waals surface area contributed by atoms with E-state index < -0.39 is 30.1 Å². The number of hydrogen-bond donors (Lipinski definition) is 3. The maximum Gasteiger partial charge on any atom is 0.333 e. The summed E-state index contributed by atoms with van der Waals surface area (Å²) in [6.45, 7) is 11.9. The predicted molar refractivity (Wildman–Crippen MR) is 130 cm³/mol. The van der Waals surface area contributed by atoms with Crippen LogP contribution in [0, 0.1) is 23.7 Å². The van der Waals surface area contributed by atoms with Crippen LogP contribution in [0.2, 0.25) is 0 Å². The second-order valence-electron chi connectivity index (χ2n) is 9.66. The molecule has 9 atom stereocenters. The Morgan fingerprint density at radius 2 is 1.65 bits per heavy atom. The molecule has 1 aromatic rings. The first-order chi connectivity index (χ1) is 16.1. The largest absolute Gasteiger partial charge is 0.463 e. The van der Waals surface area contributed by atoms with Gasteiger partial charge in [-0.05, 0) is 25.5 Å². The lowest BCUT2D eigenvalue weighted by molar-refractivity contribution is -0.138. The van der Waals surface area contributed by atoms with E-state index in [4.69, 9.17) is 14.2 Å². The van der Waals surface area contributed by atoms with E-state index in [-0.39, 0.29) is 30.0 Å². The van der Waals surface area contributed by atoms with Crippen LogP contribution in [0.5, 0.6) is 0 Å². The lowest BCUT2D eigenvalue weighted by Gasteiger charge is -2.35.